The van der Waals surface area contributed by atoms with E-state index < -0.39 is 0 Å². The molecule has 1 atom stereocenters. The molecule has 1 unspecified atom stereocenters. The Morgan fingerprint density at radius 2 is 2.07 bits per heavy atom. The molecule has 1 heterocycles. The molecule has 1 fully saturated rings. The molecular weight excluding hydrogens is 190 g/mol. The standard InChI is InChI=1S/C12H17NO2/c1-2-12(13-10-7-15-8-10)9-3-5-11(14)6-4-9/h3-6,10,12-14H,2,7-8H2,1H3. The van der Waals surface area contributed by atoms with E-state index in [1.807, 2.05) is 12.1 Å². The van der Waals surface area contributed by atoms with E-state index in [1.54, 1.807) is 12.1 Å². The highest BCUT2D eigenvalue weighted by Gasteiger charge is 2.21. The summed E-state index contributed by atoms with van der Waals surface area (Å²) in [6.07, 6.45) is 1.04. The minimum atomic E-state index is 0.320. The molecule has 2 rings (SSSR count). The average Bonchev–Trinajstić information content (AvgIpc) is 2.19. The predicted octanol–water partition coefficient (Wildman–Crippen LogP) is 1.83. The van der Waals surface area contributed by atoms with Gasteiger partial charge in [0.25, 0.3) is 0 Å². The fourth-order valence-electron chi connectivity index (χ4n) is 1.77. The lowest BCUT2D eigenvalue weighted by molar-refractivity contribution is -0.0103. The first-order valence-electron chi connectivity index (χ1n) is 5.42. The van der Waals surface area contributed by atoms with E-state index in [2.05, 4.69) is 12.2 Å². The van der Waals surface area contributed by atoms with E-state index in [0.717, 1.165) is 19.6 Å². The molecule has 0 saturated carbocycles. The van der Waals surface area contributed by atoms with Crippen molar-refractivity contribution in [2.24, 2.45) is 0 Å². The van der Waals surface area contributed by atoms with Gasteiger partial charge in [0.05, 0.1) is 19.3 Å². The van der Waals surface area contributed by atoms with Crippen LogP contribution in [0.3, 0.4) is 0 Å². The highest BCUT2D eigenvalue weighted by atomic mass is 16.5. The molecular formula is C12H17NO2. The zero-order chi connectivity index (χ0) is 10.7. The van der Waals surface area contributed by atoms with Crippen LogP contribution in [0.2, 0.25) is 0 Å². The van der Waals surface area contributed by atoms with Gasteiger partial charge in [0.15, 0.2) is 0 Å². The van der Waals surface area contributed by atoms with Gasteiger partial charge in [0.2, 0.25) is 0 Å². The Morgan fingerprint density at radius 1 is 1.40 bits per heavy atom. The molecule has 1 aliphatic rings. The van der Waals surface area contributed by atoms with Crippen LogP contribution in [0.1, 0.15) is 24.9 Å². The van der Waals surface area contributed by atoms with E-state index in [1.165, 1.54) is 5.56 Å². The van der Waals surface area contributed by atoms with Gasteiger partial charge in [-0.25, -0.2) is 0 Å². The molecule has 0 aliphatic carbocycles. The maximum atomic E-state index is 9.21. The van der Waals surface area contributed by atoms with Crippen LogP contribution in [0.4, 0.5) is 0 Å². The van der Waals surface area contributed by atoms with Crippen molar-refractivity contribution in [3.05, 3.63) is 29.8 Å². The van der Waals surface area contributed by atoms with Crippen molar-refractivity contribution in [3.63, 3.8) is 0 Å². The first-order valence-corrected chi connectivity index (χ1v) is 5.42. The number of rotatable bonds is 4. The second-order valence-electron chi connectivity index (χ2n) is 3.95. The molecule has 3 heteroatoms. The van der Waals surface area contributed by atoms with Crippen LogP contribution < -0.4 is 5.32 Å². The van der Waals surface area contributed by atoms with E-state index in [9.17, 15) is 5.11 Å². The predicted molar refractivity (Wildman–Crippen MR) is 58.9 cm³/mol. The van der Waals surface area contributed by atoms with Gasteiger partial charge >= 0.3 is 0 Å². The minimum absolute atomic E-state index is 0.320. The van der Waals surface area contributed by atoms with E-state index in [-0.39, 0.29) is 0 Å². The third-order valence-corrected chi connectivity index (χ3v) is 2.78. The number of hydrogen-bond donors (Lipinski definition) is 2. The third kappa shape index (κ3) is 2.49. The third-order valence-electron chi connectivity index (χ3n) is 2.78. The number of benzene rings is 1. The molecule has 0 spiro atoms. The Morgan fingerprint density at radius 3 is 2.53 bits per heavy atom. The fourth-order valence-corrected chi connectivity index (χ4v) is 1.77. The molecule has 15 heavy (non-hydrogen) atoms. The summed E-state index contributed by atoms with van der Waals surface area (Å²) in [5.74, 6) is 0.320. The second kappa shape index (κ2) is 4.64. The van der Waals surface area contributed by atoms with E-state index in [0.29, 0.717) is 17.8 Å². The van der Waals surface area contributed by atoms with E-state index >= 15 is 0 Å². The largest absolute Gasteiger partial charge is 0.508 e. The molecule has 0 amide bonds. The number of phenols is 1. The van der Waals surface area contributed by atoms with Gasteiger partial charge in [0.1, 0.15) is 5.75 Å². The van der Waals surface area contributed by atoms with Crippen LogP contribution in [0.5, 0.6) is 5.75 Å². The molecule has 0 bridgehead atoms. The highest BCUT2D eigenvalue weighted by molar-refractivity contribution is 5.28. The van der Waals surface area contributed by atoms with Crippen LogP contribution in [0, 0.1) is 0 Å². The molecule has 1 aromatic carbocycles. The van der Waals surface area contributed by atoms with Gasteiger partial charge in [-0.1, -0.05) is 19.1 Å². The van der Waals surface area contributed by atoms with Crippen LogP contribution in [-0.2, 0) is 4.74 Å². The monoisotopic (exact) mass is 207 g/mol. The molecule has 2 N–H and O–H groups in total. The summed E-state index contributed by atoms with van der Waals surface area (Å²) in [7, 11) is 0. The molecule has 0 radical (unpaired) electrons. The molecule has 1 aromatic rings. The number of ether oxygens (including phenoxy) is 1. The zero-order valence-corrected chi connectivity index (χ0v) is 8.94. The van der Waals surface area contributed by atoms with Crippen molar-refractivity contribution >= 4 is 0 Å². The summed E-state index contributed by atoms with van der Waals surface area (Å²) in [5, 5.41) is 12.7. The number of hydrogen-bond acceptors (Lipinski definition) is 3. The van der Waals surface area contributed by atoms with Gasteiger partial charge in [-0.05, 0) is 24.1 Å². The van der Waals surface area contributed by atoms with Crippen molar-refractivity contribution < 1.29 is 9.84 Å². The van der Waals surface area contributed by atoms with Gasteiger partial charge in [-0.15, -0.1) is 0 Å². The maximum Gasteiger partial charge on any atom is 0.115 e. The Balaban J connectivity index is 2.01. The van der Waals surface area contributed by atoms with Crippen LogP contribution in [-0.4, -0.2) is 24.4 Å². The van der Waals surface area contributed by atoms with Gasteiger partial charge in [-0.3, -0.25) is 0 Å². The Labute approximate surface area is 90.1 Å². The summed E-state index contributed by atoms with van der Waals surface area (Å²) >= 11 is 0. The number of aromatic hydroxyl groups is 1. The summed E-state index contributed by atoms with van der Waals surface area (Å²) in [5.41, 5.74) is 1.22. The maximum absolute atomic E-state index is 9.21. The van der Waals surface area contributed by atoms with Crippen LogP contribution >= 0.6 is 0 Å². The van der Waals surface area contributed by atoms with Gasteiger partial charge in [0, 0.05) is 6.04 Å². The molecule has 0 aromatic heterocycles. The van der Waals surface area contributed by atoms with Crippen molar-refractivity contribution in [2.75, 3.05) is 13.2 Å². The van der Waals surface area contributed by atoms with Crippen molar-refractivity contribution in [1.82, 2.24) is 5.32 Å². The number of phenolic OH excluding ortho intramolecular Hbond substituents is 1. The van der Waals surface area contributed by atoms with Gasteiger partial charge in [-0.2, -0.15) is 0 Å². The van der Waals surface area contributed by atoms with Crippen LogP contribution in [0.25, 0.3) is 0 Å². The Hall–Kier alpha value is -1.06. The van der Waals surface area contributed by atoms with Gasteiger partial charge < -0.3 is 15.2 Å². The van der Waals surface area contributed by atoms with Crippen LogP contribution in [0.15, 0.2) is 24.3 Å². The average molecular weight is 207 g/mol. The highest BCUT2D eigenvalue weighted by Crippen LogP contribution is 2.21. The first-order chi connectivity index (χ1) is 7.29. The van der Waals surface area contributed by atoms with Crippen molar-refractivity contribution in [1.29, 1.82) is 0 Å². The summed E-state index contributed by atoms with van der Waals surface area (Å²) in [6, 6.07) is 8.25. The summed E-state index contributed by atoms with van der Waals surface area (Å²) in [6.45, 7) is 3.78. The first kappa shape index (κ1) is 10.5. The normalized spacial score (nSPS) is 18.5. The van der Waals surface area contributed by atoms with Crippen molar-refractivity contribution in [3.8, 4) is 5.75 Å². The fraction of sp³-hybridized carbons (Fsp3) is 0.500. The summed E-state index contributed by atoms with van der Waals surface area (Å²) in [4.78, 5) is 0. The molecule has 1 saturated heterocycles. The van der Waals surface area contributed by atoms with Crippen molar-refractivity contribution in [2.45, 2.75) is 25.4 Å². The zero-order valence-electron chi connectivity index (χ0n) is 8.94. The van der Waals surface area contributed by atoms with E-state index in [4.69, 9.17) is 4.74 Å². The molecule has 1 aliphatic heterocycles. The Kier molecular flexibility index (Phi) is 3.23. The lowest BCUT2D eigenvalue weighted by Crippen LogP contribution is -2.47. The lowest BCUT2D eigenvalue weighted by atomic mass is 10.0. The quantitative estimate of drug-likeness (QED) is 0.791. The smallest absolute Gasteiger partial charge is 0.115 e. The molecule has 3 nitrogen and oxygen atoms in total. The lowest BCUT2D eigenvalue weighted by Gasteiger charge is -2.31. The second-order valence-corrected chi connectivity index (χ2v) is 3.95. The minimum Gasteiger partial charge on any atom is -0.508 e. The molecule has 82 valence electrons. The summed E-state index contributed by atoms with van der Waals surface area (Å²) < 4.78 is 5.13. The number of nitrogens with one attached hydrogen (secondary N) is 1. The Bertz CT molecular complexity index is 306. The topological polar surface area (TPSA) is 41.5 Å². The SMILES string of the molecule is CCC(NC1COC1)c1ccc(O)cc1.